The van der Waals surface area contributed by atoms with E-state index in [1.54, 1.807) is 0 Å². The molecule has 2 aliphatic heterocycles. The Bertz CT molecular complexity index is 519. The Balaban J connectivity index is 1.75. The monoisotopic (exact) mass is 274 g/mol. The average molecular weight is 274 g/mol. The van der Waals surface area contributed by atoms with E-state index in [2.05, 4.69) is 6.58 Å². The molecule has 2 saturated heterocycles. The van der Waals surface area contributed by atoms with E-state index in [0.29, 0.717) is 5.57 Å². The first-order valence-electron chi connectivity index (χ1n) is 6.84. The fraction of sp³-hybridized carbons (Fsp3) is 0.438. The molecule has 0 aromatic heterocycles. The lowest BCUT2D eigenvalue weighted by molar-refractivity contribution is -0.117. The van der Waals surface area contributed by atoms with Gasteiger partial charge in [-0.15, -0.1) is 0 Å². The lowest BCUT2D eigenvalue weighted by Crippen LogP contribution is -2.32. The molecule has 2 nitrogen and oxygen atoms in total. The number of ketones is 1. The number of carbonyl (C=O) groups is 1. The average Bonchev–Trinajstić information content (AvgIpc) is 2.68. The number of allylic oxidation sites excluding steroid dienone is 1. The summed E-state index contributed by atoms with van der Waals surface area (Å²) in [6.45, 7) is 3.96. The number of rotatable bonds is 3. The summed E-state index contributed by atoms with van der Waals surface area (Å²) in [5.74, 6) is 0.183. The zero-order valence-electron chi connectivity index (χ0n) is 10.9. The molecule has 100 valence electrons. The Labute approximate surface area is 116 Å². The molecule has 0 aliphatic carbocycles. The molecule has 3 rings (SSSR count). The minimum atomic E-state index is -0.695. The first-order chi connectivity index (χ1) is 9.16. The first-order valence-corrected chi connectivity index (χ1v) is 8.12. The normalized spacial score (nSPS) is 33.1. The van der Waals surface area contributed by atoms with E-state index >= 15 is 0 Å². The van der Waals surface area contributed by atoms with E-state index in [1.165, 1.54) is 0 Å². The zero-order valence-corrected chi connectivity index (χ0v) is 11.7. The molecule has 2 fully saturated rings. The van der Waals surface area contributed by atoms with Crippen molar-refractivity contribution in [2.45, 2.75) is 36.2 Å². The Hall–Kier alpha value is -1.22. The van der Waals surface area contributed by atoms with Crippen LogP contribution in [-0.2, 0) is 15.6 Å². The van der Waals surface area contributed by atoms with Gasteiger partial charge in [0.05, 0.1) is 0 Å². The summed E-state index contributed by atoms with van der Waals surface area (Å²) >= 11 is 0. The Morgan fingerprint density at radius 1 is 1.11 bits per heavy atom. The molecule has 3 heteroatoms. The highest BCUT2D eigenvalue weighted by Gasteiger charge is 2.43. The molecule has 0 N–H and O–H groups in total. The van der Waals surface area contributed by atoms with E-state index in [-0.39, 0.29) is 22.2 Å². The van der Waals surface area contributed by atoms with Gasteiger partial charge in [0.25, 0.3) is 0 Å². The maximum Gasteiger partial charge on any atom is 0.166 e. The van der Waals surface area contributed by atoms with E-state index in [4.69, 9.17) is 0 Å². The second-order valence-corrected chi connectivity index (χ2v) is 7.52. The standard InChI is InChI=1S/C16H18O2S/c1-11(12-5-3-2-4-6-12)16(17)13-9-14-7-8-15(10-13)19(14)18/h2-6,13-15H,1,7-10H2. The molecule has 19 heavy (non-hydrogen) atoms. The second kappa shape index (κ2) is 5.04. The van der Waals surface area contributed by atoms with Gasteiger partial charge in [0.15, 0.2) is 5.78 Å². The van der Waals surface area contributed by atoms with E-state index in [1.807, 2.05) is 30.3 Å². The minimum Gasteiger partial charge on any atom is -0.294 e. The van der Waals surface area contributed by atoms with Gasteiger partial charge < -0.3 is 0 Å². The van der Waals surface area contributed by atoms with Gasteiger partial charge in [0, 0.05) is 32.8 Å². The fourth-order valence-electron chi connectivity index (χ4n) is 3.27. The third-order valence-electron chi connectivity index (χ3n) is 4.35. The fourth-order valence-corrected chi connectivity index (χ4v) is 5.40. The lowest BCUT2D eigenvalue weighted by atomic mass is 9.88. The smallest absolute Gasteiger partial charge is 0.166 e. The number of fused-ring (bicyclic) bond motifs is 2. The maximum absolute atomic E-state index is 12.5. The molecule has 2 unspecified atom stereocenters. The van der Waals surface area contributed by atoms with Crippen LogP contribution in [0, 0.1) is 5.92 Å². The molecule has 0 radical (unpaired) electrons. The Morgan fingerprint density at radius 2 is 1.68 bits per heavy atom. The molecule has 2 heterocycles. The van der Waals surface area contributed by atoms with Crippen molar-refractivity contribution < 1.29 is 9.00 Å². The molecular weight excluding hydrogens is 256 g/mol. The van der Waals surface area contributed by atoms with Gasteiger partial charge >= 0.3 is 0 Å². The predicted molar refractivity (Wildman–Crippen MR) is 78.2 cm³/mol. The largest absolute Gasteiger partial charge is 0.294 e. The quantitative estimate of drug-likeness (QED) is 0.794. The number of Topliss-reactive ketones (excluding diaryl/α,β-unsaturated/α-hetero) is 1. The van der Waals surface area contributed by atoms with Crippen LogP contribution in [-0.4, -0.2) is 20.5 Å². The van der Waals surface area contributed by atoms with Gasteiger partial charge in [-0.2, -0.15) is 0 Å². The van der Waals surface area contributed by atoms with Crippen LogP contribution >= 0.6 is 0 Å². The van der Waals surface area contributed by atoms with Crippen LogP contribution in [0.2, 0.25) is 0 Å². The third kappa shape index (κ3) is 2.32. The highest BCUT2D eigenvalue weighted by molar-refractivity contribution is 7.86. The zero-order chi connectivity index (χ0) is 13.4. The minimum absolute atomic E-state index is 0.0305. The first kappa shape index (κ1) is 12.8. The molecular formula is C16H18O2S. The van der Waals surface area contributed by atoms with Gasteiger partial charge in [0.1, 0.15) is 0 Å². The van der Waals surface area contributed by atoms with Crippen LogP contribution < -0.4 is 0 Å². The highest BCUT2D eigenvalue weighted by Crippen LogP contribution is 2.40. The van der Waals surface area contributed by atoms with Crippen molar-refractivity contribution in [3.8, 4) is 0 Å². The maximum atomic E-state index is 12.5. The van der Waals surface area contributed by atoms with E-state index in [9.17, 15) is 9.00 Å². The number of hydrogen-bond acceptors (Lipinski definition) is 2. The van der Waals surface area contributed by atoms with Crippen LogP contribution in [0.4, 0.5) is 0 Å². The highest BCUT2D eigenvalue weighted by atomic mass is 32.2. The molecule has 1 aromatic carbocycles. The van der Waals surface area contributed by atoms with E-state index < -0.39 is 10.8 Å². The lowest BCUT2D eigenvalue weighted by Gasteiger charge is -2.26. The molecule has 0 saturated carbocycles. The molecule has 2 aliphatic rings. The van der Waals surface area contributed by atoms with Crippen LogP contribution in [0.15, 0.2) is 36.9 Å². The van der Waals surface area contributed by atoms with Crippen molar-refractivity contribution in [3.63, 3.8) is 0 Å². The summed E-state index contributed by atoms with van der Waals surface area (Å²) in [4.78, 5) is 12.5. The van der Waals surface area contributed by atoms with Crippen LogP contribution in [0.5, 0.6) is 0 Å². The summed E-state index contributed by atoms with van der Waals surface area (Å²) in [7, 11) is -0.695. The molecule has 1 aromatic rings. The number of carbonyl (C=O) groups excluding carboxylic acids is 1. The van der Waals surface area contributed by atoms with Gasteiger partial charge in [-0.1, -0.05) is 36.9 Å². The van der Waals surface area contributed by atoms with Crippen molar-refractivity contribution in [1.29, 1.82) is 0 Å². The van der Waals surface area contributed by atoms with Gasteiger partial charge in [0.2, 0.25) is 0 Å². The Morgan fingerprint density at radius 3 is 2.26 bits per heavy atom. The van der Waals surface area contributed by atoms with Crippen LogP contribution in [0.1, 0.15) is 31.2 Å². The molecule has 2 bridgehead atoms. The van der Waals surface area contributed by atoms with E-state index in [0.717, 1.165) is 31.2 Å². The van der Waals surface area contributed by atoms with Crippen molar-refractivity contribution in [2.75, 3.05) is 0 Å². The summed E-state index contributed by atoms with van der Waals surface area (Å²) < 4.78 is 12.0. The summed E-state index contributed by atoms with van der Waals surface area (Å²) in [6.07, 6.45) is 3.62. The topological polar surface area (TPSA) is 34.1 Å². The third-order valence-corrected chi connectivity index (χ3v) is 6.52. The number of hydrogen-bond donors (Lipinski definition) is 0. The van der Waals surface area contributed by atoms with Gasteiger partial charge in [-0.25, -0.2) is 0 Å². The summed E-state index contributed by atoms with van der Waals surface area (Å²) in [6, 6.07) is 9.64. The summed E-state index contributed by atoms with van der Waals surface area (Å²) in [5, 5.41) is 0.493. The summed E-state index contributed by atoms with van der Waals surface area (Å²) in [5.41, 5.74) is 1.52. The number of benzene rings is 1. The SMILES string of the molecule is C=C(C(=O)C1CC2CCC(C1)S2=O)c1ccccc1. The van der Waals surface area contributed by atoms with Gasteiger partial charge in [-0.3, -0.25) is 9.00 Å². The molecule has 0 spiro atoms. The van der Waals surface area contributed by atoms with Crippen molar-refractivity contribution in [2.24, 2.45) is 5.92 Å². The molecule has 2 atom stereocenters. The van der Waals surface area contributed by atoms with Gasteiger partial charge in [-0.05, 0) is 31.2 Å². The van der Waals surface area contributed by atoms with Crippen LogP contribution in [0.3, 0.4) is 0 Å². The second-order valence-electron chi connectivity index (χ2n) is 5.53. The molecule has 0 amide bonds. The predicted octanol–water partition coefficient (Wildman–Crippen LogP) is 2.96. The Kier molecular flexibility index (Phi) is 3.40. The van der Waals surface area contributed by atoms with Crippen molar-refractivity contribution >= 4 is 22.2 Å². The van der Waals surface area contributed by atoms with Crippen molar-refractivity contribution in [3.05, 3.63) is 42.5 Å². The van der Waals surface area contributed by atoms with Crippen LogP contribution in [0.25, 0.3) is 5.57 Å². The van der Waals surface area contributed by atoms with Crippen molar-refractivity contribution in [1.82, 2.24) is 0 Å².